The van der Waals surface area contributed by atoms with Gasteiger partial charge in [0, 0.05) is 11.8 Å². The second-order valence-electron chi connectivity index (χ2n) is 6.79. The predicted octanol–water partition coefficient (Wildman–Crippen LogP) is 3.92. The maximum absolute atomic E-state index is 12.7. The van der Waals surface area contributed by atoms with E-state index in [1.165, 1.54) is 24.8 Å². The standard InChI is InChI=1S/C20H26N2O/c21-17-11-5-6-12-18(17)22-19(23)15-20(13-7-2-8-14-20)16-9-3-1-4-10-16/h1,3-4,9-12H,2,5-8,13-15,21H2,(H,22,23). The Bertz CT molecular complexity index is 610. The third-order valence-electron chi connectivity index (χ3n) is 5.16. The van der Waals surface area contributed by atoms with E-state index < -0.39 is 0 Å². The molecule has 3 nitrogen and oxygen atoms in total. The van der Waals surface area contributed by atoms with Crippen molar-refractivity contribution >= 4 is 5.91 Å². The topological polar surface area (TPSA) is 55.1 Å². The largest absolute Gasteiger partial charge is 0.397 e. The second-order valence-corrected chi connectivity index (χ2v) is 6.79. The molecule has 2 aliphatic carbocycles. The maximum atomic E-state index is 12.7. The van der Waals surface area contributed by atoms with Crippen LogP contribution in [0.1, 0.15) is 56.9 Å². The highest BCUT2D eigenvalue weighted by atomic mass is 16.1. The first-order valence-electron chi connectivity index (χ1n) is 8.71. The van der Waals surface area contributed by atoms with E-state index in [0.29, 0.717) is 12.1 Å². The molecule has 2 aliphatic rings. The van der Waals surface area contributed by atoms with Crippen molar-refractivity contribution in [2.24, 2.45) is 5.73 Å². The van der Waals surface area contributed by atoms with Gasteiger partial charge in [0.15, 0.2) is 0 Å². The van der Waals surface area contributed by atoms with Crippen LogP contribution in [0.25, 0.3) is 0 Å². The van der Waals surface area contributed by atoms with Gasteiger partial charge in [-0.25, -0.2) is 0 Å². The average molecular weight is 310 g/mol. The van der Waals surface area contributed by atoms with Crippen molar-refractivity contribution in [2.75, 3.05) is 0 Å². The first-order chi connectivity index (χ1) is 11.2. The lowest BCUT2D eigenvalue weighted by molar-refractivity contribution is -0.122. The molecule has 23 heavy (non-hydrogen) atoms. The summed E-state index contributed by atoms with van der Waals surface area (Å²) in [5, 5.41) is 3.04. The molecule has 3 N–H and O–H groups in total. The van der Waals surface area contributed by atoms with Crippen molar-refractivity contribution < 1.29 is 4.79 Å². The minimum Gasteiger partial charge on any atom is -0.397 e. The molecule has 0 heterocycles. The molecule has 0 unspecified atom stereocenters. The number of allylic oxidation sites excluding steroid dienone is 2. The summed E-state index contributed by atoms with van der Waals surface area (Å²) >= 11 is 0. The highest BCUT2D eigenvalue weighted by Gasteiger charge is 2.36. The summed E-state index contributed by atoms with van der Waals surface area (Å²) in [6.45, 7) is 0. The summed E-state index contributed by atoms with van der Waals surface area (Å²) in [6, 6.07) is 10.5. The van der Waals surface area contributed by atoms with Crippen molar-refractivity contribution in [1.29, 1.82) is 0 Å². The third-order valence-corrected chi connectivity index (χ3v) is 5.16. The Hall–Kier alpha value is -2.03. The summed E-state index contributed by atoms with van der Waals surface area (Å²) in [7, 11) is 0. The van der Waals surface area contributed by atoms with Crippen molar-refractivity contribution in [1.82, 2.24) is 5.32 Å². The molecule has 0 spiro atoms. The Morgan fingerprint density at radius 1 is 1.04 bits per heavy atom. The molecule has 3 rings (SSSR count). The molecule has 0 aliphatic heterocycles. The molecule has 1 aromatic carbocycles. The summed E-state index contributed by atoms with van der Waals surface area (Å²) in [5.41, 5.74) is 8.76. The van der Waals surface area contributed by atoms with Gasteiger partial charge in [-0.3, -0.25) is 4.79 Å². The monoisotopic (exact) mass is 310 g/mol. The lowest BCUT2D eigenvalue weighted by atomic mass is 9.67. The Morgan fingerprint density at radius 2 is 1.74 bits per heavy atom. The molecule has 0 aromatic heterocycles. The van der Waals surface area contributed by atoms with Crippen LogP contribution in [0, 0.1) is 0 Å². The number of hydrogen-bond acceptors (Lipinski definition) is 2. The number of carbonyl (C=O) groups excluding carboxylic acids is 1. The summed E-state index contributed by atoms with van der Waals surface area (Å²) in [4.78, 5) is 12.7. The smallest absolute Gasteiger partial charge is 0.225 e. The molecule has 0 saturated heterocycles. The summed E-state index contributed by atoms with van der Waals surface area (Å²) in [5.74, 6) is 0.0836. The van der Waals surface area contributed by atoms with Crippen molar-refractivity contribution in [3.63, 3.8) is 0 Å². The Balaban J connectivity index is 1.75. The fraction of sp³-hybridized carbons (Fsp3) is 0.450. The molecule has 1 saturated carbocycles. The van der Waals surface area contributed by atoms with Gasteiger partial charge < -0.3 is 11.1 Å². The molecule has 0 bridgehead atoms. The zero-order chi connectivity index (χ0) is 16.1. The van der Waals surface area contributed by atoms with E-state index in [1.807, 2.05) is 18.2 Å². The number of carbonyl (C=O) groups is 1. The normalized spacial score (nSPS) is 20.3. The highest BCUT2D eigenvalue weighted by molar-refractivity contribution is 5.80. The molecular weight excluding hydrogens is 284 g/mol. The number of benzene rings is 1. The molecule has 3 heteroatoms. The van der Waals surface area contributed by atoms with Crippen LogP contribution in [0.3, 0.4) is 0 Å². The quantitative estimate of drug-likeness (QED) is 0.885. The molecular formula is C20H26N2O. The number of amides is 1. The zero-order valence-electron chi connectivity index (χ0n) is 13.7. The van der Waals surface area contributed by atoms with Crippen LogP contribution >= 0.6 is 0 Å². The predicted molar refractivity (Wildman–Crippen MR) is 93.6 cm³/mol. The number of rotatable bonds is 4. The molecule has 1 fully saturated rings. The van der Waals surface area contributed by atoms with Crippen LogP contribution in [-0.2, 0) is 10.2 Å². The fourth-order valence-corrected chi connectivity index (χ4v) is 3.91. The molecule has 122 valence electrons. The second kappa shape index (κ2) is 7.03. The highest BCUT2D eigenvalue weighted by Crippen LogP contribution is 2.42. The van der Waals surface area contributed by atoms with Crippen molar-refractivity contribution in [2.45, 2.75) is 56.8 Å². The lowest BCUT2D eigenvalue weighted by Gasteiger charge is -2.37. The Morgan fingerprint density at radius 3 is 2.43 bits per heavy atom. The van der Waals surface area contributed by atoms with E-state index in [1.54, 1.807) is 0 Å². The van der Waals surface area contributed by atoms with Gasteiger partial charge >= 0.3 is 0 Å². The number of nitrogens with two attached hydrogens (primary N) is 1. The summed E-state index contributed by atoms with van der Waals surface area (Å²) < 4.78 is 0. The SMILES string of the molecule is NC1=CCCC=C1NC(=O)CC1(c2ccccc2)CCCCC1. The van der Waals surface area contributed by atoms with Gasteiger partial charge in [-0.15, -0.1) is 0 Å². The van der Waals surface area contributed by atoms with Gasteiger partial charge in [0.1, 0.15) is 0 Å². The van der Waals surface area contributed by atoms with Crippen molar-refractivity contribution in [3.05, 3.63) is 59.4 Å². The van der Waals surface area contributed by atoms with E-state index in [0.717, 1.165) is 31.4 Å². The minimum atomic E-state index is -0.0166. The molecule has 0 radical (unpaired) electrons. The molecule has 0 atom stereocenters. The molecule has 1 aromatic rings. The third kappa shape index (κ3) is 3.66. The zero-order valence-corrected chi connectivity index (χ0v) is 13.7. The fourth-order valence-electron chi connectivity index (χ4n) is 3.91. The van der Waals surface area contributed by atoms with E-state index in [9.17, 15) is 4.79 Å². The first kappa shape index (κ1) is 15.9. The van der Waals surface area contributed by atoms with E-state index >= 15 is 0 Å². The van der Waals surface area contributed by atoms with Crippen LogP contribution < -0.4 is 11.1 Å². The van der Waals surface area contributed by atoms with Crippen molar-refractivity contribution in [3.8, 4) is 0 Å². The summed E-state index contributed by atoms with van der Waals surface area (Å²) in [6.07, 6.45) is 12.3. The van der Waals surface area contributed by atoms with Gasteiger partial charge in [0.05, 0.1) is 11.4 Å². The van der Waals surface area contributed by atoms with Crippen LogP contribution in [-0.4, -0.2) is 5.91 Å². The lowest BCUT2D eigenvalue weighted by Crippen LogP contribution is -2.37. The van der Waals surface area contributed by atoms with Gasteiger partial charge in [0.25, 0.3) is 0 Å². The van der Waals surface area contributed by atoms with Crippen LogP contribution in [0.5, 0.6) is 0 Å². The van der Waals surface area contributed by atoms with Gasteiger partial charge in [-0.05, 0) is 31.2 Å². The van der Waals surface area contributed by atoms with E-state index in [-0.39, 0.29) is 11.3 Å². The van der Waals surface area contributed by atoms with Crippen LogP contribution in [0.4, 0.5) is 0 Å². The van der Waals surface area contributed by atoms with E-state index in [4.69, 9.17) is 5.73 Å². The van der Waals surface area contributed by atoms with Crippen LogP contribution in [0.2, 0.25) is 0 Å². The Kier molecular flexibility index (Phi) is 4.85. The Labute approximate surface area is 138 Å². The maximum Gasteiger partial charge on any atom is 0.225 e. The van der Waals surface area contributed by atoms with Gasteiger partial charge in [0.2, 0.25) is 5.91 Å². The van der Waals surface area contributed by atoms with Gasteiger partial charge in [-0.1, -0.05) is 61.7 Å². The van der Waals surface area contributed by atoms with Gasteiger partial charge in [-0.2, -0.15) is 0 Å². The average Bonchev–Trinajstić information content (AvgIpc) is 2.58. The van der Waals surface area contributed by atoms with Crippen LogP contribution in [0.15, 0.2) is 53.9 Å². The number of hydrogen-bond donors (Lipinski definition) is 2. The molecule has 1 amide bonds. The number of nitrogens with one attached hydrogen (secondary N) is 1. The van der Waals surface area contributed by atoms with E-state index in [2.05, 4.69) is 29.6 Å². The first-order valence-corrected chi connectivity index (χ1v) is 8.71. The minimum absolute atomic E-state index is 0.0166.